The van der Waals surface area contributed by atoms with Crippen molar-refractivity contribution in [2.24, 2.45) is 10.1 Å². The Morgan fingerprint density at radius 1 is 1.47 bits per heavy atom. The molecule has 0 aliphatic carbocycles. The minimum atomic E-state index is -0.878. The van der Waals surface area contributed by atoms with E-state index in [2.05, 4.69) is 20.5 Å². The number of hydrogen-bond acceptors (Lipinski definition) is 4. The normalized spacial score (nSPS) is 14.4. The molecular formula is C10H7F2IN4. The van der Waals surface area contributed by atoms with Crippen molar-refractivity contribution >= 4 is 35.0 Å². The molecule has 1 aromatic rings. The van der Waals surface area contributed by atoms with E-state index in [0.717, 1.165) is 11.8 Å². The van der Waals surface area contributed by atoms with E-state index in [9.17, 15) is 8.78 Å². The Morgan fingerprint density at radius 3 is 2.94 bits per heavy atom. The number of aliphatic imine (C=N–C) groups is 1. The molecule has 0 amide bonds. The molecule has 1 N–H and O–H groups in total. The Bertz CT molecular complexity index is 502. The monoisotopic (exact) mass is 348 g/mol. The van der Waals surface area contributed by atoms with Crippen LogP contribution in [0.5, 0.6) is 0 Å². The quantitative estimate of drug-likeness (QED) is 0.392. The van der Waals surface area contributed by atoms with Crippen molar-refractivity contribution in [1.82, 2.24) is 10.4 Å². The first-order valence-corrected chi connectivity index (χ1v) is 5.74. The summed E-state index contributed by atoms with van der Waals surface area (Å²) >= 11 is 1.82. The van der Waals surface area contributed by atoms with Crippen LogP contribution in [0.3, 0.4) is 0 Å². The second-order valence-corrected chi connectivity index (χ2v) is 4.35. The van der Waals surface area contributed by atoms with E-state index < -0.39 is 11.9 Å². The Morgan fingerprint density at radius 2 is 2.29 bits per heavy atom. The number of nitrogens with zero attached hydrogens (tertiary/aromatic N) is 3. The van der Waals surface area contributed by atoms with E-state index in [0.29, 0.717) is 10.1 Å². The maximum absolute atomic E-state index is 13.3. The van der Waals surface area contributed by atoms with Gasteiger partial charge in [0.15, 0.2) is 0 Å². The largest absolute Gasteiger partial charge is 0.287 e. The molecule has 0 bridgehead atoms. The van der Waals surface area contributed by atoms with E-state index in [1.807, 2.05) is 22.6 Å². The van der Waals surface area contributed by atoms with Gasteiger partial charge in [-0.25, -0.2) is 0 Å². The summed E-state index contributed by atoms with van der Waals surface area (Å²) in [6.07, 6.45) is 4.69. The molecule has 0 radical (unpaired) electrons. The molecule has 0 saturated carbocycles. The summed E-state index contributed by atoms with van der Waals surface area (Å²) in [4.78, 5) is 7.03. The second-order valence-electron chi connectivity index (χ2n) is 3.18. The summed E-state index contributed by atoms with van der Waals surface area (Å²) in [5.74, 6) is -1.72. The van der Waals surface area contributed by atoms with Crippen LogP contribution in [0.4, 0.5) is 8.78 Å². The zero-order valence-corrected chi connectivity index (χ0v) is 10.6. The summed E-state index contributed by atoms with van der Waals surface area (Å²) in [6, 6.07) is 1.14. The number of rotatable bonds is 3. The van der Waals surface area contributed by atoms with Crippen molar-refractivity contribution in [3.63, 3.8) is 0 Å². The van der Waals surface area contributed by atoms with Crippen LogP contribution in [-0.4, -0.2) is 24.0 Å². The Labute approximate surface area is 110 Å². The van der Waals surface area contributed by atoms with Crippen LogP contribution >= 0.6 is 22.6 Å². The molecule has 0 atom stereocenters. The molecule has 2 heterocycles. The highest BCUT2D eigenvalue weighted by Crippen LogP contribution is 2.13. The molecule has 0 unspecified atom stereocenters. The second kappa shape index (κ2) is 5.30. The first kappa shape index (κ1) is 12.1. The van der Waals surface area contributed by atoms with Crippen LogP contribution in [0.1, 0.15) is 5.56 Å². The molecule has 1 aromatic heterocycles. The van der Waals surface area contributed by atoms with Crippen LogP contribution in [0.15, 0.2) is 27.9 Å². The highest BCUT2D eigenvalue weighted by Gasteiger charge is 2.08. The molecule has 0 saturated heterocycles. The number of hydrogen-bond donors (Lipinski definition) is 1. The summed E-state index contributed by atoms with van der Waals surface area (Å²) in [5, 5.41) is 3.84. The van der Waals surface area contributed by atoms with E-state index in [4.69, 9.17) is 0 Å². The lowest BCUT2D eigenvalue weighted by atomic mass is 10.3. The van der Waals surface area contributed by atoms with Crippen LogP contribution in [0, 0.1) is 15.5 Å². The molecule has 0 spiro atoms. The molecule has 2 rings (SSSR count). The lowest BCUT2D eigenvalue weighted by Crippen LogP contribution is -2.08. The highest BCUT2D eigenvalue weighted by atomic mass is 127. The first-order chi connectivity index (χ1) is 8.16. The molecule has 0 fully saturated rings. The number of allylic oxidation sites excluding steroid dienone is 1. The first-order valence-electron chi connectivity index (χ1n) is 4.66. The minimum absolute atomic E-state index is 0.152. The molecular weight excluding hydrogens is 341 g/mol. The number of nitrogens with one attached hydrogen (secondary N) is 1. The fourth-order valence-electron chi connectivity index (χ4n) is 1.18. The number of halogens is 3. The van der Waals surface area contributed by atoms with Gasteiger partial charge in [-0.15, -0.1) is 0 Å². The van der Waals surface area contributed by atoms with Crippen molar-refractivity contribution in [2.75, 3.05) is 6.54 Å². The van der Waals surface area contributed by atoms with Gasteiger partial charge in [-0.1, -0.05) is 0 Å². The molecule has 88 valence electrons. The molecule has 1 aliphatic heterocycles. The summed E-state index contributed by atoms with van der Waals surface area (Å²) in [6.45, 7) is 0.526. The van der Waals surface area contributed by atoms with E-state index >= 15 is 0 Å². The number of pyridine rings is 1. The topological polar surface area (TPSA) is 49.6 Å². The summed E-state index contributed by atoms with van der Waals surface area (Å²) in [7, 11) is 0. The van der Waals surface area contributed by atoms with Crippen LogP contribution in [0.25, 0.3) is 0 Å². The maximum atomic E-state index is 13.3. The molecule has 1 aliphatic rings. The number of hydrazone groups is 1. The average Bonchev–Trinajstić information content (AvgIpc) is 2.74. The lowest BCUT2D eigenvalue weighted by molar-refractivity contribution is 0.510. The molecule has 17 heavy (non-hydrogen) atoms. The molecule has 7 heteroatoms. The smallest absolute Gasteiger partial charge is 0.225 e. The summed E-state index contributed by atoms with van der Waals surface area (Å²) in [5.41, 5.74) is 3.68. The molecule has 4 nitrogen and oxygen atoms in total. The fourth-order valence-corrected chi connectivity index (χ4v) is 1.80. The Balaban J connectivity index is 2.10. The van der Waals surface area contributed by atoms with Gasteiger partial charge in [0.25, 0.3) is 0 Å². The zero-order chi connectivity index (χ0) is 12.3. The predicted molar refractivity (Wildman–Crippen MR) is 69.0 cm³/mol. The van der Waals surface area contributed by atoms with Gasteiger partial charge in [0.2, 0.25) is 11.9 Å². The predicted octanol–water partition coefficient (Wildman–Crippen LogP) is 1.86. The highest BCUT2D eigenvalue weighted by molar-refractivity contribution is 14.1. The zero-order valence-electron chi connectivity index (χ0n) is 8.49. The number of aromatic nitrogens is 1. The van der Waals surface area contributed by atoms with Crippen LogP contribution in [-0.2, 0) is 0 Å². The van der Waals surface area contributed by atoms with Gasteiger partial charge >= 0.3 is 0 Å². The van der Waals surface area contributed by atoms with Crippen molar-refractivity contribution in [1.29, 1.82) is 0 Å². The summed E-state index contributed by atoms with van der Waals surface area (Å²) < 4.78 is 26.4. The van der Waals surface area contributed by atoms with Crippen molar-refractivity contribution in [3.05, 3.63) is 38.9 Å². The van der Waals surface area contributed by atoms with Gasteiger partial charge in [0.1, 0.15) is 0 Å². The van der Waals surface area contributed by atoms with E-state index in [1.165, 1.54) is 6.21 Å². The SMILES string of the molecule is Fc1cc(I)c(/C=N\NC2=CC=NC2)c(F)n1. The fraction of sp³-hybridized carbons (Fsp3) is 0.100. The van der Waals surface area contributed by atoms with Crippen LogP contribution < -0.4 is 5.43 Å². The van der Waals surface area contributed by atoms with Crippen molar-refractivity contribution in [3.8, 4) is 0 Å². The van der Waals surface area contributed by atoms with Gasteiger partial charge in [0.05, 0.1) is 24.0 Å². The van der Waals surface area contributed by atoms with Crippen molar-refractivity contribution in [2.45, 2.75) is 0 Å². The lowest BCUT2D eigenvalue weighted by Gasteiger charge is -2.01. The third kappa shape index (κ3) is 3.05. The van der Waals surface area contributed by atoms with Gasteiger partial charge in [-0.05, 0) is 28.7 Å². The maximum Gasteiger partial charge on any atom is 0.225 e. The molecule has 0 aromatic carbocycles. The Hall–Kier alpha value is -1.38. The third-order valence-corrected chi connectivity index (χ3v) is 2.87. The van der Waals surface area contributed by atoms with E-state index in [1.54, 1.807) is 12.3 Å². The van der Waals surface area contributed by atoms with Gasteiger partial charge in [-0.2, -0.15) is 18.9 Å². The van der Waals surface area contributed by atoms with E-state index in [-0.39, 0.29) is 5.56 Å². The van der Waals surface area contributed by atoms with Gasteiger partial charge in [-0.3, -0.25) is 10.4 Å². The van der Waals surface area contributed by atoms with Crippen molar-refractivity contribution < 1.29 is 8.78 Å². The Kier molecular flexibility index (Phi) is 3.77. The van der Waals surface area contributed by atoms with Gasteiger partial charge in [0, 0.05) is 15.9 Å². The van der Waals surface area contributed by atoms with Gasteiger partial charge < -0.3 is 0 Å². The standard InChI is InChI=1S/C10H7F2IN4/c11-9-3-8(13)7(10(12)16-9)5-15-17-6-1-2-14-4-6/h1-3,5,17H,4H2/b15-5-. The average molecular weight is 348 g/mol. The third-order valence-electron chi connectivity index (χ3n) is 1.97. The van der Waals surface area contributed by atoms with Crippen LogP contribution in [0.2, 0.25) is 0 Å². The minimum Gasteiger partial charge on any atom is -0.287 e.